The summed E-state index contributed by atoms with van der Waals surface area (Å²) in [5.41, 5.74) is 0.736. The molecule has 7 rings (SSSR count). The lowest BCUT2D eigenvalue weighted by atomic mass is 9.71. The Bertz CT molecular complexity index is 2110. The van der Waals surface area contributed by atoms with E-state index in [1.807, 2.05) is 39.0 Å². The first-order valence-corrected chi connectivity index (χ1v) is 34.8. The first-order valence-electron chi connectivity index (χ1n) is 29.0. The van der Waals surface area contributed by atoms with Crippen LogP contribution in [0.15, 0.2) is 47.1 Å². The summed E-state index contributed by atoms with van der Waals surface area (Å²) in [7, 11) is -1.04. The van der Waals surface area contributed by atoms with Gasteiger partial charge < -0.3 is 61.3 Å². The molecule has 1 spiro atoms. The first kappa shape index (κ1) is 62.0. The van der Waals surface area contributed by atoms with Gasteiger partial charge in [0, 0.05) is 52.2 Å². The smallest absolute Gasteiger partial charge is 0.316 e. The van der Waals surface area contributed by atoms with Gasteiger partial charge in [-0.05, 0) is 105 Å². The van der Waals surface area contributed by atoms with Crippen LogP contribution >= 0.6 is 0 Å². The Morgan fingerprint density at radius 3 is 2.03 bits per heavy atom. The second-order valence-corrected chi connectivity index (χ2v) is 36.6. The number of allylic oxidation sites excluding steroid dienone is 2. The molecular formula is C60H102O14Si2. The molecular weight excluding hydrogens is 1000 g/mol. The Morgan fingerprint density at radius 1 is 0.803 bits per heavy atom. The first-order chi connectivity index (χ1) is 35.4. The highest BCUT2D eigenvalue weighted by atomic mass is 28.4. The van der Waals surface area contributed by atoms with E-state index in [4.69, 9.17) is 56.2 Å². The summed E-state index contributed by atoms with van der Waals surface area (Å²) in [5.74, 6) is -1.92. The Labute approximate surface area is 460 Å². The predicted molar refractivity (Wildman–Crippen MR) is 300 cm³/mol. The van der Waals surface area contributed by atoms with E-state index in [0.29, 0.717) is 55.9 Å². The van der Waals surface area contributed by atoms with Crippen molar-refractivity contribution in [3.05, 3.63) is 47.1 Å². The number of ether oxygens (including phenoxy) is 10. The number of rotatable bonds is 12. The van der Waals surface area contributed by atoms with Crippen LogP contribution in [0, 0.1) is 23.7 Å². The molecule has 1 N–H and O–H groups in total. The molecule has 2 bridgehead atoms. The van der Waals surface area contributed by atoms with Gasteiger partial charge in [0.1, 0.15) is 29.8 Å². The molecule has 0 amide bonds. The van der Waals surface area contributed by atoms with Crippen LogP contribution in [0.5, 0.6) is 0 Å². The van der Waals surface area contributed by atoms with Crippen LogP contribution < -0.4 is 0 Å². The second kappa shape index (κ2) is 24.1. The molecule has 16 heteroatoms. The van der Waals surface area contributed by atoms with E-state index in [1.54, 1.807) is 14.2 Å². The van der Waals surface area contributed by atoms with Crippen molar-refractivity contribution < 1.29 is 66.1 Å². The van der Waals surface area contributed by atoms with Crippen LogP contribution in [-0.4, -0.2) is 146 Å². The molecule has 0 radical (unpaired) electrons. The zero-order chi connectivity index (χ0) is 56.1. The lowest BCUT2D eigenvalue weighted by Gasteiger charge is -2.51. The monoisotopic (exact) mass is 1100 g/mol. The van der Waals surface area contributed by atoms with Crippen molar-refractivity contribution in [3.8, 4) is 0 Å². The van der Waals surface area contributed by atoms with Gasteiger partial charge in [0.25, 0.3) is 0 Å². The van der Waals surface area contributed by atoms with Gasteiger partial charge in [0.05, 0.1) is 61.5 Å². The van der Waals surface area contributed by atoms with Crippen LogP contribution in [0.2, 0.25) is 36.3 Å². The van der Waals surface area contributed by atoms with Gasteiger partial charge in [-0.3, -0.25) is 4.79 Å². The number of methoxy groups -OCH3 is 2. The Balaban J connectivity index is 1.18. The van der Waals surface area contributed by atoms with Gasteiger partial charge in [0.2, 0.25) is 0 Å². The zero-order valence-electron chi connectivity index (χ0n) is 50.4. The van der Waals surface area contributed by atoms with Crippen molar-refractivity contribution in [1.29, 1.82) is 0 Å². The fourth-order valence-corrected chi connectivity index (χ4v) is 14.9. The molecule has 7 aliphatic rings. The molecule has 6 heterocycles. The minimum Gasteiger partial charge on any atom is -0.462 e. The summed E-state index contributed by atoms with van der Waals surface area (Å²) < 4.78 is 80.9. The van der Waals surface area contributed by atoms with Crippen LogP contribution in [-0.2, 0) is 61.0 Å². The molecule has 0 aromatic rings. The van der Waals surface area contributed by atoms with E-state index < -0.39 is 89.1 Å². The molecule has 20 atom stereocenters. The third-order valence-corrected chi connectivity index (χ3v) is 28.3. The maximum Gasteiger partial charge on any atom is 0.316 e. The van der Waals surface area contributed by atoms with E-state index in [2.05, 4.69) is 115 Å². The van der Waals surface area contributed by atoms with Gasteiger partial charge in [-0.15, -0.1) is 0 Å². The van der Waals surface area contributed by atoms with Crippen LogP contribution in [0.3, 0.4) is 0 Å². The molecule has 0 saturated carbocycles. The molecule has 20 unspecified atom stereocenters. The zero-order valence-corrected chi connectivity index (χ0v) is 52.4. The lowest BCUT2D eigenvalue weighted by Crippen LogP contribution is -2.60. The van der Waals surface area contributed by atoms with Crippen LogP contribution in [0.1, 0.15) is 148 Å². The third kappa shape index (κ3) is 13.2. The largest absolute Gasteiger partial charge is 0.462 e. The summed E-state index contributed by atoms with van der Waals surface area (Å²) in [4.78, 5) is 14.9. The quantitative estimate of drug-likeness (QED) is 0.112. The van der Waals surface area contributed by atoms with E-state index >= 15 is 0 Å². The summed E-state index contributed by atoms with van der Waals surface area (Å²) in [6, 6.07) is 0. The van der Waals surface area contributed by atoms with Crippen LogP contribution in [0.25, 0.3) is 0 Å². The van der Waals surface area contributed by atoms with Gasteiger partial charge in [0.15, 0.2) is 35.0 Å². The number of carbonyl (C=O) groups excluding carboxylic acids is 1. The summed E-state index contributed by atoms with van der Waals surface area (Å²) >= 11 is 0. The highest BCUT2D eigenvalue weighted by molar-refractivity contribution is 6.74. The van der Waals surface area contributed by atoms with Crippen molar-refractivity contribution in [3.63, 3.8) is 0 Å². The van der Waals surface area contributed by atoms with E-state index in [9.17, 15) is 9.90 Å². The Hall–Kier alpha value is -1.62. The number of hydrogen-bond donors (Lipinski definition) is 1. The summed E-state index contributed by atoms with van der Waals surface area (Å²) in [6.45, 7) is 39.4. The van der Waals surface area contributed by atoms with Gasteiger partial charge in [-0.2, -0.15) is 0 Å². The van der Waals surface area contributed by atoms with E-state index in [1.165, 1.54) is 0 Å². The highest BCUT2D eigenvalue weighted by Gasteiger charge is 2.62. The van der Waals surface area contributed by atoms with Crippen molar-refractivity contribution in [1.82, 2.24) is 0 Å². The van der Waals surface area contributed by atoms with Crippen LogP contribution in [0.4, 0.5) is 0 Å². The van der Waals surface area contributed by atoms with Crippen molar-refractivity contribution >= 4 is 22.6 Å². The normalized spacial score (nSPS) is 42.8. The molecule has 434 valence electrons. The molecule has 5 saturated heterocycles. The SMILES string of the molecule is CCC(C)C1OC2(CCC1C)CC1CC(C/C=C(/C)C(OC3CC(OC)C(OC4CC(OC)C(O[Si](C)(C)C(C)(C)C)C(C)O4)C(C)O3)C(C)/C=C\C=C3COC4C(O[Si](C)(C)C(C)(C)C)C(C)=CC(C(=O)O1)C34O)O2. The van der Waals surface area contributed by atoms with Crippen molar-refractivity contribution in [2.24, 2.45) is 23.7 Å². The third-order valence-electron chi connectivity index (χ3n) is 19.3. The molecule has 0 aromatic carbocycles. The molecule has 5 fully saturated rings. The van der Waals surface area contributed by atoms with Gasteiger partial charge >= 0.3 is 5.97 Å². The molecule has 14 nitrogen and oxygen atoms in total. The van der Waals surface area contributed by atoms with E-state index in [-0.39, 0.29) is 59.2 Å². The van der Waals surface area contributed by atoms with Crippen molar-refractivity contribution in [2.75, 3.05) is 20.8 Å². The Kier molecular flexibility index (Phi) is 19.6. The number of aliphatic hydroxyl groups is 1. The maximum absolute atomic E-state index is 14.9. The van der Waals surface area contributed by atoms with Gasteiger partial charge in [-0.25, -0.2) is 0 Å². The molecule has 6 aliphatic heterocycles. The fraction of sp³-hybridized carbons (Fsp3) is 0.850. The topological polar surface area (TPSA) is 148 Å². The Morgan fingerprint density at radius 2 is 1.41 bits per heavy atom. The minimum atomic E-state index is -2.37. The fourth-order valence-electron chi connectivity index (χ4n) is 12.3. The standard InChI is InChI=1S/C60H102O14Si2/c1-21-35(2)51-38(5)27-28-59(72-51)33-44-30-43(71-59)26-25-37(4)50(36(3)23-22-24-42-34-65-55-52(73-75(17,18)57(9,10)11)39(6)29-45(56(61)68-44)60(42,55)62)69-48-31-46(63-15)53(40(7)66-48)70-49-32-47(64-16)54(41(8)67-49)74-76(19,20)58(12,13)14/h22-25,29,35-36,38,40-41,43-55,62H,21,26-28,30-34H2,1-20H3/b23-22-,37-25-,42-24?. The maximum atomic E-state index is 14.9. The summed E-state index contributed by atoms with van der Waals surface area (Å²) in [5, 5.41) is 13.2. The average Bonchev–Trinajstić information content (AvgIpc) is 3.67. The van der Waals surface area contributed by atoms with E-state index in [0.717, 1.165) is 24.0 Å². The predicted octanol–water partition coefficient (Wildman–Crippen LogP) is 11.7. The second-order valence-electron chi connectivity index (χ2n) is 27.1. The number of esters is 1. The summed E-state index contributed by atoms with van der Waals surface area (Å²) in [6.07, 6.45) is 9.35. The number of carbonyl (C=O) groups is 1. The molecule has 76 heavy (non-hydrogen) atoms. The molecule has 0 aromatic heterocycles. The lowest BCUT2D eigenvalue weighted by molar-refractivity contribution is -0.340. The van der Waals surface area contributed by atoms with Gasteiger partial charge in [-0.1, -0.05) is 106 Å². The minimum absolute atomic E-state index is 0.000133. The van der Waals surface area contributed by atoms with Crippen molar-refractivity contribution in [2.45, 2.75) is 282 Å². The highest BCUT2D eigenvalue weighted by Crippen LogP contribution is 2.51. The average molecular weight is 1100 g/mol. The number of fused-ring (bicyclic) bond motifs is 2. The molecule has 1 aliphatic carbocycles. The number of hydrogen-bond acceptors (Lipinski definition) is 14.